The number of fused-ring (bicyclic) bond motifs is 1. The van der Waals surface area contributed by atoms with Gasteiger partial charge in [-0.15, -0.1) is 11.3 Å². The lowest BCUT2D eigenvalue weighted by molar-refractivity contribution is 0.530. The summed E-state index contributed by atoms with van der Waals surface area (Å²) >= 11 is 7.68. The fourth-order valence-corrected chi connectivity index (χ4v) is 4.56. The molecule has 3 N–H and O–H groups in total. The van der Waals surface area contributed by atoms with Crippen LogP contribution in [-0.4, -0.2) is 8.42 Å². The van der Waals surface area contributed by atoms with Gasteiger partial charge in [-0.25, -0.2) is 13.6 Å². The van der Waals surface area contributed by atoms with Crippen molar-refractivity contribution in [2.75, 3.05) is 0 Å². The van der Waals surface area contributed by atoms with Crippen molar-refractivity contribution >= 4 is 33.0 Å². The van der Waals surface area contributed by atoms with Crippen molar-refractivity contribution in [3.8, 4) is 0 Å². The zero-order valence-corrected chi connectivity index (χ0v) is 13.6. The van der Waals surface area contributed by atoms with Crippen LogP contribution in [0.5, 0.6) is 0 Å². The molecule has 7 heteroatoms. The van der Waals surface area contributed by atoms with Crippen molar-refractivity contribution in [3.05, 3.63) is 50.7 Å². The molecule has 1 aliphatic rings. The van der Waals surface area contributed by atoms with Gasteiger partial charge < -0.3 is 5.32 Å². The minimum atomic E-state index is -3.65. The second-order valence-corrected chi connectivity index (χ2v) is 8.42. The molecule has 0 radical (unpaired) electrons. The van der Waals surface area contributed by atoms with Gasteiger partial charge in [-0.3, -0.25) is 0 Å². The Bertz CT molecular complexity index is 771. The fraction of sp³-hybridized carbons (Fsp3) is 0.286. The minimum Gasteiger partial charge on any atom is -0.306 e. The molecule has 1 unspecified atom stereocenters. The highest BCUT2D eigenvalue weighted by atomic mass is 35.5. The Morgan fingerprint density at radius 1 is 1.38 bits per heavy atom. The zero-order valence-electron chi connectivity index (χ0n) is 11.2. The first-order valence-corrected chi connectivity index (χ1v) is 9.31. The maximum atomic E-state index is 11.4. The van der Waals surface area contributed by atoms with E-state index in [0.29, 0.717) is 6.54 Å². The van der Waals surface area contributed by atoms with Crippen LogP contribution in [0.25, 0.3) is 0 Å². The summed E-state index contributed by atoms with van der Waals surface area (Å²) in [5.41, 5.74) is 2.17. The number of benzene rings is 1. The van der Waals surface area contributed by atoms with Crippen molar-refractivity contribution in [2.45, 2.75) is 30.3 Å². The molecule has 3 rings (SSSR count). The maximum absolute atomic E-state index is 11.4. The molecule has 1 heterocycles. The van der Waals surface area contributed by atoms with E-state index in [1.54, 1.807) is 23.5 Å². The number of sulfonamides is 1. The van der Waals surface area contributed by atoms with E-state index >= 15 is 0 Å². The number of primary sulfonamides is 1. The van der Waals surface area contributed by atoms with E-state index in [9.17, 15) is 8.42 Å². The van der Waals surface area contributed by atoms with Gasteiger partial charge in [-0.2, -0.15) is 0 Å². The third-order valence-electron chi connectivity index (χ3n) is 3.63. The molecule has 0 amide bonds. The van der Waals surface area contributed by atoms with E-state index in [1.165, 1.54) is 16.5 Å². The van der Waals surface area contributed by atoms with E-state index in [1.807, 2.05) is 12.1 Å². The van der Waals surface area contributed by atoms with Crippen molar-refractivity contribution in [1.82, 2.24) is 5.32 Å². The molecule has 0 aliphatic heterocycles. The van der Waals surface area contributed by atoms with Gasteiger partial charge in [0.25, 0.3) is 0 Å². The monoisotopic (exact) mass is 342 g/mol. The molecule has 1 aromatic carbocycles. The number of halogens is 1. The zero-order chi connectivity index (χ0) is 15.0. The average molecular weight is 343 g/mol. The predicted molar refractivity (Wildman–Crippen MR) is 85.0 cm³/mol. The van der Waals surface area contributed by atoms with Crippen LogP contribution in [0.15, 0.2) is 35.2 Å². The lowest BCUT2D eigenvalue weighted by atomic mass is 10.1. The molecule has 0 saturated carbocycles. The van der Waals surface area contributed by atoms with Crippen molar-refractivity contribution in [2.24, 2.45) is 5.14 Å². The molecular weight excluding hydrogens is 328 g/mol. The van der Waals surface area contributed by atoms with E-state index in [-0.39, 0.29) is 10.9 Å². The van der Waals surface area contributed by atoms with Gasteiger partial charge in [0.1, 0.15) is 0 Å². The van der Waals surface area contributed by atoms with Crippen LogP contribution in [0.4, 0.5) is 0 Å². The van der Waals surface area contributed by atoms with Crippen LogP contribution >= 0.6 is 22.9 Å². The molecule has 0 bridgehead atoms. The molecule has 0 spiro atoms. The van der Waals surface area contributed by atoms with Crippen LogP contribution in [0, 0.1) is 0 Å². The first-order chi connectivity index (χ1) is 9.93. The third kappa shape index (κ3) is 3.30. The third-order valence-corrected chi connectivity index (χ3v) is 5.88. The lowest BCUT2D eigenvalue weighted by Gasteiger charge is -2.13. The standard InChI is InChI=1S/C14H15ClN2O2S2/c15-14-7-11-12(4-5-13(11)20-14)17-8-9-2-1-3-10(6-9)21(16,18)19/h1-3,6-7,12,17H,4-5,8H2,(H2,16,18,19). The smallest absolute Gasteiger partial charge is 0.238 e. The summed E-state index contributed by atoms with van der Waals surface area (Å²) in [7, 11) is -3.65. The van der Waals surface area contributed by atoms with Gasteiger partial charge in [0, 0.05) is 17.5 Å². The van der Waals surface area contributed by atoms with E-state index in [4.69, 9.17) is 16.7 Å². The lowest BCUT2D eigenvalue weighted by Crippen LogP contribution is -2.19. The second kappa shape index (κ2) is 5.70. The van der Waals surface area contributed by atoms with Crippen molar-refractivity contribution in [3.63, 3.8) is 0 Å². The highest BCUT2D eigenvalue weighted by molar-refractivity contribution is 7.89. The Kier molecular flexibility index (Phi) is 4.07. The normalized spacial score (nSPS) is 17.9. The SMILES string of the molecule is NS(=O)(=O)c1cccc(CNC2CCc3sc(Cl)cc32)c1. The fourth-order valence-electron chi connectivity index (χ4n) is 2.62. The summed E-state index contributed by atoms with van der Waals surface area (Å²) in [4.78, 5) is 1.49. The molecule has 1 aliphatic carbocycles. The Morgan fingerprint density at radius 3 is 2.95 bits per heavy atom. The van der Waals surface area contributed by atoms with Crippen LogP contribution in [-0.2, 0) is 23.0 Å². The molecule has 0 fully saturated rings. The predicted octanol–water partition coefficient (Wildman–Crippen LogP) is 2.83. The summed E-state index contributed by atoms with van der Waals surface area (Å²) in [5, 5.41) is 8.61. The van der Waals surface area contributed by atoms with Crippen molar-refractivity contribution < 1.29 is 8.42 Å². The van der Waals surface area contributed by atoms with E-state index in [0.717, 1.165) is 22.7 Å². The average Bonchev–Trinajstić information content (AvgIpc) is 2.95. The van der Waals surface area contributed by atoms with Crippen LogP contribution in [0.3, 0.4) is 0 Å². The van der Waals surface area contributed by atoms with Crippen LogP contribution in [0.1, 0.15) is 28.5 Å². The number of hydrogen-bond acceptors (Lipinski definition) is 4. The van der Waals surface area contributed by atoms with Gasteiger partial charge in [0.15, 0.2) is 0 Å². The van der Waals surface area contributed by atoms with Crippen molar-refractivity contribution in [1.29, 1.82) is 0 Å². The number of hydrogen-bond donors (Lipinski definition) is 2. The molecule has 1 atom stereocenters. The number of nitrogens with two attached hydrogens (primary N) is 1. The maximum Gasteiger partial charge on any atom is 0.238 e. The van der Waals surface area contributed by atoms with Gasteiger partial charge in [0.2, 0.25) is 10.0 Å². The topological polar surface area (TPSA) is 72.2 Å². The van der Waals surface area contributed by atoms with E-state index in [2.05, 4.69) is 5.32 Å². The summed E-state index contributed by atoms with van der Waals surface area (Å²) in [6.45, 7) is 0.598. The van der Waals surface area contributed by atoms with Crippen LogP contribution < -0.4 is 10.5 Å². The van der Waals surface area contributed by atoms with Gasteiger partial charge in [-0.05, 0) is 42.2 Å². The molecule has 4 nitrogen and oxygen atoms in total. The number of nitrogens with one attached hydrogen (secondary N) is 1. The molecule has 112 valence electrons. The van der Waals surface area contributed by atoms with Gasteiger partial charge in [-0.1, -0.05) is 23.7 Å². The first-order valence-electron chi connectivity index (χ1n) is 6.57. The minimum absolute atomic E-state index is 0.146. The Hall–Kier alpha value is -0.920. The van der Waals surface area contributed by atoms with Gasteiger partial charge in [0.05, 0.1) is 9.23 Å². The molecule has 21 heavy (non-hydrogen) atoms. The molecule has 0 saturated heterocycles. The first kappa shape index (κ1) is 15.0. The van der Waals surface area contributed by atoms with E-state index < -0.39 is 10.0 Å². The summed E-state index contributed by atoms with van der Waals surface area (Å²) < 4.78 is 23.5. The molecule has 1 aromatic heterocycles. The summed E-state index contributed by atoms with van der Waals surface area (Å²) in [6, 6.07) is 9.01. The second-order valence-electron chi connectivity index (χ2n) is 5.09. The highest BCUT2D eigenvalue weighted by Gasteiger charge is 2.24. The Balaban J connectivity index is 1.72. The number of rotatable bonds is 4. The largest absolute Gasteiger partial charge is 0.306 e. The number of thiophene rings is 1. The highest BCUT2D eigenvalue weighted by Crippen LogP contribution is 2.39. The summed E-state index contributed by atoms with van der Waals surface area (Å²) in [6.07, 6.45) is 2.09. The number of aryl methyl sites for hydroxylation is 1. The Morgan fingerprint density at radius 2 is 2.19 bits per heavy atom. The Labute approximate surface area is 133 Å². The quantitative estimate of drug-likeness (QED) is 0.897. The molecule has 2 aromatic rings. The van der Waals surface area contributed by atoms with Crippen LogP contribution in [0.2, 0.25) is 4.34 Å². The molecular formula is C14H15ClN2O2S2. The van der Waals surface area contributed by atoms with Gasteiger partial charge >= 0.3 is 0 Å². The summed E-state index contributed by atoms with van der Waals surface area (Å²) in [5.74, 6) is 0.